The van der Waals surface area contributed by atoms with Gasteiger partial charge in [-0.2, -0.15) is 0 Å². The van der Waals surface area contributed by atoms with Crippen molar-refractivity contribution >= 4 is 0 Å². The molecule has 0 aromatic rings. The minimum absolute atomic E-state index is 0.372. The Morgan fingerprint density at radius 1 is 0.250 bits per heavy atom. The minimum atomic E-state index is 0.372. The summed E-state index contributed by atoms with van der Waals surface area (Å²) in [5, 5.41) is 17.3. The van der Waals surface area contributed by atoms with Crippen molar-refractivity contribution in [3.05, 3.63) is 0 Å². The summed E-state index contributed by atoms with van der Waals surface area (Å²) in [6.07, 6.45) is 35.5. The number of aliphatic hydroxyl groups excluding tert-OH is 2. The van der Waals surface area contributed by atoms with Gasteiger partial charge in [0.15, 0.2) is 0 Å². The molecule has 0 aromatic heterocycles. The van der Waals surface area contributed by atoms with Crippen LogP contribution in [0.5, 0.6) is 0 Å². The summed E-state index contributed by atoms with van der Waals surface area (Å²) in [7, 11) is 0. The van der Waals surface area contributed by atoms with Crippen molar-refractivity contribution < 1.29 is 10.2 Å². The van der Waals surface area contributed by atoms with E-state index in [0.29, 0.717) is 13.2 Å². The lowest BCUT2D eigenvalue weighted by Crippen LogP contribution is -1.84. The van der Waals surface area contributed by atoms with Crippen LogP contribution in [-0.2, 0) is 0 Å². The second-order valence-electron chi connectivity index (χ2n) is 9.93. The lowest BCUT2D eigenvalue weighted by molar-refractivity contribution is 0.282. The SMILES string of the molecule is CCCCCCCCCCCCCCCCO.CCCCCCCCCCCCCCO. The number of hydrogen-bond donors (Lipinski definition) is 2. The summed E-state index contributed by atoms with van der Waals surface area (Å²) in [6.45, 7) is 5.29. The third-order valence-corrected chi connectivity index (χ3v) is 6.52. The Bertz CT molecular complexity index is 254. The van der Waals surface area contributed by atoms with Gasteiger partial charge in [-0.1, -0.05) is 168 Å². The van der Waals surface area contributed by atoms with Gasteiger partial charge in [-0.25, -0.2) is 0 Å². The Balaban J connectivity index is 0. The summed E-state index contributed by atoms with van der Waals surface area (Å²) >= 11 is 0. The molecule has 0 amide bonds. The van der Waals surface area contributed by atoms with Crippen LogP contribution >= 0.6 is 0 Å². The fourth-order valence-corrected chi connectivity index (χ4v) is 4.26. The average molecular weight is 457 g/mol. The van der Waals surface area contributed by atoms with E-state index in [2.05, 4.69) is 13.8 Å². The molecule has 2 N–H and O–H groups in total. The largest absolute Gasteiger partial charge is 0.396 e. The van der Waals surface area contributed by atoms with Gasteiger partial charge in [-0.15, -0.1) is 0 Å². The first-order chi connectivity index (χ1) is 15.8. The van der Waals surface area contributed by atoms with Gasteiger partial charge in [0, 0.05) is 13.2 Å². The molecule has 0 spiro atoms. The first-order valence-electron chi connectivity index (χ1n) is 15.0. The normalized spacial score (nSPS) is 10.9. The van der Waals surface area contributed by atoms with Crippen molar-refractivity contribution in [1.29, 1.82) is 0 Å². The molecule has 0 saturated carbocycles. The number of unbranched alkanes of at least 4 members (excludes halogenated alkanes) is 24. The third-order valence-electron chi connectivity index (χ3n) is 6.52. The van der Waals surface area contributed by atoms with Gasteiger partial charge < -0.3 is 10.2 Å². The maximum Gasteiger partial charge on any atom is 0.0431 e. The minimum Gasteiger partial charge on any atom is -0.396 e. The molecule has 2 heteroatoms. The van der Waals surface area contributed by atoms with Crippen molar-refractivity contribution in [3.63, 3.8) is 0 Å². The molecule has 0 aliphatic rings. The van der Waals surface area contributed by atoms with Gasteiger partial charge in [0.1, 0.15) is 0 Å². The summed E-state index contributed by atoms with van der Waals surface area (Å²) in [4.78, 5) is 0. The van der Waals surface area contributed by atoms with Gasteiger partial charge in [0.05, 0.1) is 0 Å². The Morgan fingerprint density at radius 3 is 0.562 bits per heavy atom. The molecule has 0 rings (SSSR count). The zero-order chi connectivity index (χ0) is 23.8. The number of rotatable bonds is 26. The van der Waals surface area contributed by atoms with Gasteiger partial charge in [-0.05, 0) is 12.8 Å². The number of hydrogen-bond acceptors (Lipinski definition) is 2. The van der Waals surface area contributed by atoms with Crippen LogP contribution in [-0.4, -0.2) is 23.4 Å². The van der Waals surface area contributed by atoms with E-state index in [-0.39, 0.29) is 0 Å². The zero-order valence-electron chi connectivity index (χ0n) is 22.7. The van der Waals surface area contributed by atoms with E-state index in [0.717, 1.165) is 12.8 Å². The third kappa shape index (κ3) is 37.2. The molecule has 2 nitrogen and oxygen atoms in total. The van der Waals surface area contributed by atoms with E-state index in [1.54, 1.807) is 0 Å². The molecule has 0 saturated heterocycles. The number of aliphatic hydroxyl groups is 2. The summed E-state index contributed by atoms with van der Waals surface area (Å²) in [6, 6.07) is 0. The predicted octanol–water partition coefficient (Wildman–Crippen LogP) is 10.1. The van der Waals surface area contributed by atoms with Crippen molar-refractivity contribution in [1.82, 2.24) is 0 Å². The van der Waals surface area contributed by atoms with Gasteiger partial charge in [0.2, 0.25) is 0 Å². The molecule has 0 atom stereocenters. The van der Waals surface area contributed by atoms with E-state index >= 15 is 0 Å². The van der Waals surface area contributed by atoms with Crippen molar-refractivity contribution in [2.75, 3.05) is 13.2 Å². The quantitative estimate of drug-likeness (QED) is 0.127. The van der Waals surface area contributed by atoms with Crippen LogP contribution in [0.25, 0.3) is 0 Å². The van der Waals surface area contributed by atoms with E-state index in [9.17, 15) is 0 Å². The Labute approximate surface area is 204 Å². The molecule has 0 bridgehead atoms. The maximum atomic E-state index is 8.64. The smallest absolute Gasteiger partial charge is 0.0431 e. The van der Waals surface area contributed by atoms with Crippen LogP contribution in [0.15, 0.2) is 0 Å². The molecule has 0 radical (unpaired) electrons. The highest BCUT2D eigenvalue weighted by molar-refractivity contribution is 4.49. The first kappa shape index (κ1) is 34.1. The van der Waals surface area contributed by atoms with Crippen LogP contribution in [0.1, 0.15) is 181 Å². The van der Waals surface area contributed by atoms with Crippen LogP contribution in [0.3, 0.4) is 0 Å². The molecule has 0 aliphatic heterocycles. The van der Waals surface area contributed by atoms with Gasteiger partial charge >= 0.3 is 0 Å². The second-order valence-corrected chi connectivity index (χ2v) is 9.93. The molecule has 0 aliphatic carbocycles. The molecule has 0 unspecified atom stereocenters. The van der Waals surface area contributed by atoms with Crippen LogP contribution < -0.4 is 0 Å². The predicted molar refractivity (Wildman–Crippen MR) is 146 cm³/mol. The van der Waals surface area contributed by atoms with Crippen LogP contribution in [0.2, 0.25) is 0 Å². The zero-order valence-corrected chi connectivity index (χ0v) is 22.7. The van der Waals surface area contributed by atoms with Crippen LogP contribution in [0.4, 0.5) is 0 Å². The summed E-state index contributed by atoms with van der Waals surface area (Å²) < 4.78 is 0. The molecular weight excluding hydrogens is 392 g/mol. The summed E-state index contributed by atoms with van der Waals surface area (Å²) in [5.41, 5.74) is 0. The Morgan fingerprint density at radius 2 is 0.406 bits per heavy atom. The Hall–Kier alpha value is -0.0800. The lowest BCUT2D eigenvalue weighted by atomic mass is 10.0. The fourth-order valence-electron chi connectivity index (χ4n) is 4.26. The molecule has 32 heavy (non-hydrogen) atoms. The molecular formula is C30H64O2. The highest BCUT2D eigenvalue weighted by atomic mass is 16.3. The molecule has 196 valence electrons. The molecule has 0 fully saturated rings. The Kier molecular flexibility index (Phi) is 37.8. The van der Waals surface area contributed by atoms with Crippen LogP contribution in [0, 0.1) is 0 Å². The standard InChI is InChI=1S/C16H34O.C14H30O/c1-2-3-4-5-6-7-8-9-10-11-12-13-14-15-16-17;1-2-3-4-5-6-7-8-9-10-11-12-13-14-15/h17H,2-16H2,1H3;15H,2-14H2,1H3. The van der Waals surface area contributed by atoms with E-state index in [1.807, 2.05) is 0 Å². The van der Waals surface area contributed by atoms with E-state index in [4.69, 9.17) is 10.2 Å². The van der Waals surface area contributed by atoms with E-state index in [1.165, 1.54) is 154 Å². The average Bonchev–Trinajstić information content (AvgIpc) is 2.81. The summed E-state index contributed by atoms with van der Waals surface area (Å²) in [5.74, 6) is 0. The van der Waals surface area contributed by atoms with Crippen molar-refractivity contribution in [2.24, 2.45) is 0 Å². The first-order valence-corrected chi connectivity index (χ1v) is 15.0. The topological polar surface area (TPSA) is 40.5 Å². The highest BCUT2D eigenvalue weighted by Gasteiger charge is 1.94. The van der Waals surface area contributed by atoms with Crippen molar-refractivity contribution in [3.8, 4) is 0 Å². The van der Waals surface area contributed by atoms with Gasteiger partial charge in [-0.3, -0.25) is 0 Å². The molecule has 0 aromatic carbocycles. The fraction of sp³-hybridized carbons (Fsp3) is 1.00. The monoisotopic (exact) mass is 456 g/mol. The highest BCUT2D eigenvalue weighted by Crippen LogP contribution is 2.13. The maximum absolute atomic E-state index is 8.64. The van der Waals surface area contributed by atoms with E-state index < -0.39 is 0 Å². The second kappa shape index (κ2) is 35.5. The van der Waals surface area contributed by atoms with Gasteiger partial charge in [0.25, 0.3) is 0 Å². The van der Waals surface area contributed by atoms with Crippen molar-refractivity contribution in [2.45, 2.75) is 181 Å². The molecule has 0 heterocycles. The lowest BCUT2D eigenvalue weighted by Gasteiger charge is -2.02.